The average Bonchev–Trinajstić information content (AvgIpc) is 3.19. The van der Waals surface area contributed by atoms with Gasteiger partial charge in [-0.05, 0) is 38.8 Å². The second kappa shape index (κ2) is 9.50. The zero-order chi connectivity index (χ0) is 16.9. The van der Waals surface area contributed by atoms with Crippen LogP contribution in [-0.4, -0.2) is 31.8 Å². The molecule has 5 nitrogen and oxygen atoms in total. The molecule has 0 amide bonds. The lowest BCUT2D eigenvalue weighted by molar-refractivity contribution is 0.254. The fraction of sp³-hybridized carbons (Fsp3) is 0.632. The number of nitrogens with zero attached hydrogens (tertiary/aromatic N) is 1. The van der Waals surface area contributed by atoms with Crippen molar-refractivity contribution in [2.45, 2.75) is 64.6 Å². The number of ether oxygens (including phenoxy) is 2. The minimum Gasteiger partial charge on any atom is -0.496 e. The van der Waals surface area contributed by atoms with E-state index in [2.05, 4.69) is 36.6 Å². The zero-order valence-corrected chi connectivity index (χ0v) is 17.8. The lowest BCUT2D eigenvalue weighted by atomic mass is 10.1. The Bertz CT molecular complexity index is 601. The summed E-state index contributed by atoms with van der Waals surface area (Å²) in [6.45, 7) is 5.63. The summed E-state index contributed by atoms with van der Waals surface area (Å²) in [4.78, 5) is 4.76. The van der Waals surface area contributed by atoms with E-state index < -0.39 is 0 Å². The highest BCUT2D eigenvalue weighted by molar-refractivity contribution is 14.0. The van der Waals surface area contributed by atoms with Crippen LogP contribution in [0, 0.1) is 0 Å². The number of methoxy groups -OCH3 is 1. The molecule has 0 aromatic heterocycles. The highest BCUT2D eigenvalue weighted by Gasteiger charge is 2.22. The van der Waals surface area contributed by atoms with Crippen LogP contribution in [0.3, 0.4) is 0 Å². The Morgan fingerprint density at radius 1 is 1.32 bits per heavy atom. The lowest BCUT2D eigenvalue weighted by Gasteiger charge is -2.17. The molecule has 2 N–H and O–H groups in total. The van der Waals surface area contributed by atoms with E-state index in [1.165, 1.54) is 31.2 Å². The van der Waals surface area contributed by atoms with Crippen molar-refractivity contribution in [1.29, 1.82) is 0 Å². The fourth-order valence-corrected chi connectivity index (χ4v) is 3.54. The first-order valence-corrected chi connectivity index (χ1v) is 9.11. The Balaban J connectivity index is 0.00000225. The second-order valence-electron chi connectivity index (χ2n) is 6.73. The highest BCUT2D eigenvalue weighted by Crippen LogP contribution is 2.35. The van der Waals surface area contributed by atoms with Gasteiger partial charge >= 0.3 is 0 Å². The Hall–Kier alpha value is -1.18. The lowest BCUT2D eigenvalue weighted by Crippen LogP contribution is -2.42. The summed E-state index contributed by atoms with van der Waals surface area (Å²) in [5.74, 6) is 2.76. The molecule has 0 saturated heterocycles. The van der Waals surface area contributed by atoms with Gasteiger partial charge in [0, 0.05) is 30.1 Å². The molecule has 0 bridgehead atoms. The number of fused-ring (bicyclic) bond motifs is 1. The van der Waals surface area contributed by atoms with Crippen LogP contribution in [0.2, 0.25) is 0 Å². The van der Waals surface area contributed by atoms with Crippen molar-refractivity contribution in [3.63, 3.8) is 0 Å². The van der Waals surface area contributed by atoms with Gasteiger partial charge in [-0.1, -0.05) is 12.8 Å². The number of nitrogens with one attached hydrogen (secondary N) is 2. The maximum absolute atomic E-state index is 5.87. The molecule has 2 aliphatic rings. The molecule has 25 heavy (non-hydrogen) atoms. The molecule has 0 radical (unpaired) electrons. The van der Waals surface area contributed by atoms with Crippen LogP contribution in [0.5, 0.6) is 11.5 Å². The minimum atomic E-state index is 0. The van der Waals surface area contributed by atoms with Gasteiger partial charge in [0.25, 0.3) is 0 Å². The summed E-state index contributed by atoms with van der Waals surface area (Å²) in [7, 11) is 1.72. The zero-order valence-electron chi connectivity index (χ0n) is 15.4. The topological polar surface area (TPSA) is 54.9 Å². The molecule has 1 aliphatic carbocycles. The predicted molar refractivity (Wildman–Crippen MR) is 112 cm³/mol. The molecule has 1 aromatic rings. The van der Waals surface area contributed by atoms with Crippen molar-refractivity contribution < 1.29 is 9.47 Å². The minimum absolute atomic E-state index is 0. The number of hydrogen-bond donors (Lipinski definition) is 2. The van der Waals surface area contributed by atoms with E-state index in [9.17, 15) is 0 Å². The van der Waals surface area contributed by atoms with Gasteiger partial charge in [0.15, 0.2) is 5.96 Å². The van der Waals surface area contributed by atoms with Crippen LogP contribution in [0.15, 0.2) is 17.1 Å². The summed E-state index contributed by atoms with van der Waals surface area (Å²) in [5.41, 5.74) is 2.29. The summed E-state index contributed by atoms with van der Waals surface area (Å²) < 4.78 is 11.4. The SMILES string of the molecule is CCNC(=NCc1cc2c(cc1OC)CC(C)O2)NC1CCCC1.I. The van der Waals surface area contributed by atoms with E-state index in [0.29, 0.717) is 12.6 Å². The van der Waals surface area contributed by atoms with Gasteiger partial charge in [-0.3, -0.25) is 0 Å². The number of guanidine groups is 1. The first-order valence-electron chi connectivity index (χ1n) is 9.11. The van der Waals surface area contributed by atoms with Crippen LogP contribution < -0.4 is 20.1 Å². The molecular weight excluding hydrogens is 429 g/mol. The third-order valence-corrected chi connectivity index (χ3v) is 4.75. The van der Waals surface area contributed by atoms with E-state index in [-0.39, 0.29) is 30.1 Å². The van der Waals surface area contributed by atoms with Crippen LogP contribution in [0.4, 0.5) is 0 Å². The molecule has 1 saturated carbocycles. The molecule has 140 valence electrons. The maximum atomic E-state index is 5.87. The summed E-state index contributed by atoms with van der Waals surface area (Å²) in [6.07, 6.45) is 6.28. The number of benzene rings is 1. The molecule has 1 aliphatic heterocycles. The van der Waals surface area contributed by atoms with Gasteiger partial charge in [0.1, 0.15) is 17.6 Å². The Kier molecular flexibility index (Phi) is 7.65. The normalized spacial score (nSPS) is 19.8. The molecule has 1 unspecified atom stereocenters. The predicted octanol–water partition coefficient (Wildman–Crippen LogP) is 3.63. The van der Waals surface area contributed by atoms with Crippen molar-refractivity contribution >= 4 is 29.9 Å². The van der Waals surface area contributed by atoms with E-state index in [1.54, 1.807) is 7.11 Å². The summed E-state index contributed by atoms with van der Waals surface area (Å²) in [6, 6.07) is 4.73. The largest absolute Gasteiger partial charge is 0.496 e. The van der Waals surface area contributed by atoms with Crippen LogP contribution in [0.25, 0.3) is 0 Å². The van der Waals surface area contributed by atoms with Gasteiger partial charge in [-0.25, -0.2) is 4.99 Å². The number of hydrogen-bond acceptors (Lipinski definition) is 3. The Labute approximate surface area is 168 Å². The summed E-state index contributed by atoms with van der Waals surface area (Å²) >= 11 is 0. The van der Waals surface area contributed by atoms with E-state index in [4.69, 9.17) is 14.5 Å². The number of halogens is 1. The Morgan fingerprint density at radius 3 is 2.76 bits per heavy atom. The van der Waals surface area contributed by atoms with E-state index >= 15 is 0 Å². The summed E-state index contributed by atoms with van der Waals surface area (Å²) in [5, 5.41) is 6.89. The molecule has 0 spiro atoms. The van der Waals surface area contributed by atoms with Gasteiger partial charge in [0.2, 0.25) is 0 Å². The van der Waals surface area contributed by atoms with Crippen molar-refractivity contribution in [1.82, 2.24) is 10.6 Å². The van der Waals surface area contributed by atoms with Gasteiger partial charge in [-0.2, -0.15) is 0 Å². The molecular formula is C19H30IN3O2. The van der Waals surface area contributed by atoms with Crippen molar-refractivity contribution in [3.8, 4) is 11.5 Å². The Morgan fingerprint density at radius 2 is 2.08 bits per heavy atom. The molecule has 1 heterocycles. The quantitative estimate of drug-likeness (QED) is 0.401. The molecule has 1 atom stereocenters. The monoisotopic (exact) mass is 459 g/mol. The van der Waals surface area contributed by atoms with Crippen molar-refractivity contribution in [2.75, 3.05) is 13.7 Å². The number of rotatable bonds is 5. The first-order chi connectivity index (χ1) is 11.7. The van der Waals surface area contributed by atoms with Crippen LogP contribution in [-0.2, 0) is 13.0 Å². The second-order valence-corrected chi connectivity index (χ2v) is 6.73. The van der Waals surface area contributed by atoms with Crippen molar-refractivity contribution in [3.05, 3.63) is 23.3 Å². The third-order valence-electron chi connectivity index (χ3n) is 4.75. The average molecular weight is 459 g/mol. The molecule has 3 rings (SSSR count). The molecule has 6 heteroatoms. The van der Waals surface area contributed by atoms with Crippen LogP contribution in [0.1, 0.15) is 50.7 Å². The molecule has 1 aromatic carbocycles. The van der Waals surface area contributed by atoms with Gasteiger partial charge in [0.05, 0.1) is 13.7 Å². The van der Waals surface area contributed by atoms with E-state index in [0.717, 1.165) is 36.0 Å². The highest BCUT2D eigenvalue weighted by atomic mass is 127. The van der Waals surface area contributed by atoms with Crippen LogP contribution >= 0.6 is 24.0 Å². The number of aliphatic imine (C=N–C) groups is 1. The standard InChI is InChI=1S/C19H29N3O2.HI/c1-4-20-19(22-16-7-5-6-8-16)21-12-15-11-18-14(9-13(2)24-18)10-17(15)23-3;/h10-11,13,16H,4-9,12H2,1-3H3,(H2,20,21,22);1H. The van der Waals surface area contributed by atoms with Gasteiger partial charge in [-0.15, -0.1) is 24.0 Å². The first kappa shape index (κ1) is 20.1. The maximum Gasteiger partial charge on any atom is 0.191 e. The molecule has 1 fully saturated rings. The van der Waals surface area contributed by atoms with E-state index in [1.807, 2.05) is 0 Å². The van der Waals surface area contributed by atoms with Gasteiger partial charge < -0.3 is 20.1 Å². The fourth-order valence-electron chi connectivity index (χ4n) is 3.54. The third kappa shape index (κ3) is 5.15. The van der Waals surface area contributed by atoms with Crippen molar-refractivity contribution in [2.24, 2.45) is 4.99 Å². The smallest absolute Gasteiger partial charge is 0.191 e.